The van der Waals surface area contributed by atoms with Crippen molar-refractivity contribution in [3.63, 3.8) is 0 Å². The summed E-state index contributed by atoms with van der Waals surface area (Å²) >= 11 is 9.72. The standard InChI is InChI=1S/C10H8Br3N3O3/c1-4(17)3-15-6-2-5(11)7(12)9(16(18)19)8(6)14-10(15)13/h2,4,17H,3H2,1H3/t4-/m0/s1. The van der Waals surface area contributed by atoms with Crippen LogP contribution < -0.4 is 0 Å². The number of imidazole rings is 1. The number of nitrogens with zero attached hydrogens (tertiary/aromatic N) is 3. The molecule has 0 unspecified atom stereocenters. The molecule has 1 N–H and O–H groups in total. The molecule has 0 bridgehead atoms. The summed E-state index contributed by atoms with van der Waals surface area (Å²) < 4.78 is 3.03. The van der Waals surface area contributed by atoms with Gasteiger partial charge in [-0.25, -0.2) is 4.98 Å². The summed E-state index contributed by atoms with van der Waals surface area (Å²) in [6.45, 7) is 1.93. The summed E-state index contributed by atoms with van der Waals surface area (Å²) in [6, 6.07) is 1.73. The van der Waals surface area contributed by atoms with Crippen LogP contribution in [0.5, 0.6) is 0 Å². The lowest BCUT2D eigenvalue weighted by Crippen LogP contribution is -2.11. The number of nitro benzene ring substituents is 1. The number of halogens is 3. The van der Waals surface area contributed by atoms with Crippen LogP contribution in [0.3, 0.4) is 0 Å². The number of hydrogen-bond donors (Lipinski definition) is 1. The molecule has 0 radical (unpaired) electrons. The van der Waals surface area contributed by atoms with Gasteiger partial charge < -0.3 is 9.67 Å². The van der Waals surface area contributed by atoms with Crippen LogP contribution in [0.25, 0.3) is 11.0 Å². The van der Waals surface area contributed by atoms with E-state index in [0.717, 1.165) is 0 Å². The molecule has 1 aromatic carbocycles. The Morgan fingerprint density at radius 2 is 2.16 bits per heavy atom. The third-order valence-electron chi connectivity index (χ3n) is 2.49. The molecular formula is C10H8Br3N3O3. The summed E-state index contributed by atoms with van der Waals surface area (Å²) in [7, 11) is 0. The van der Waals surface area contributed by atoms with Gasteiger partial charge in [-0.15, -0.1) is 0 Å². The molecule has 19 heavy (non-hydrogen) atoms. The first-order valence-electron chi connectivity index (χ1n) is 5.19. The number of aromatic nitrogens is 2. The van der Waals surface area contributed by atoms with Crippen LogP contribution in [-0.4, -0.2) is 25.7 Å². The molecule has 0 saturated carbocycles. The fraction of sp³-hybridized carbons (Fsp3) is 0.300. The lowest BCUT2D eigenvalue weighted by atomic mass is 10.2. The van der Waals surface area contributed by atoms with Crippen LogP contribution in [0.1, 0.15) is 6.92 Å². The number of aliphatic hydroxyl groups is 1. The molecule has 0 aliphatic rings. The maximum atomic E-state index is 11.2. The highest BCUT2D eigenvalue weighted by atomic mass is 79.9. The van der Waals surface area contributed by atoms with Crippen LogP contribution in [0.4, 0.5) is 5.69 Å². The van der Waals surface area contributed by atoms with E-state index in [1.807, 2.05) is 0 Å². The molecule has 9 heteroatoms. The van der Waals surface area contributed by atoms with Crippen molar-refractivity contribution in [2.24, 2.45) is 0 Å². The Morgan fingerprint density at radius 1 is 1.53 bits per heavy atom. The Labute approximate surface area is 133 Å². The maximum Gasteiger partial charge on any atom is 0.312 e. The first-order chi connectivity index (χ1) is 8.82. The van der Waals surface area contributed by atoms with Gasteiger partial charge in [0.1, 0.15) is 4.47 Å². The van der Waals surface area contributed by atoms with E-state index in [0.29, 0.717) is 25.7 Å². The predicted octanol–water partition coefficient (Wildman–Crippen LogP) is 3.61. The average molecular weight is 458 g/mol. The molecule has 0 fully saturated rings. The van der Waals surface area contributed by atoms with Crippen molar-refractivity contribution < 1.29 is 10.0 Å². The molecule has 0 amide bonds. The van der Waals surface area contributed by atoms with E-state index in [1.54, 1.807) is 17.6 Å². The summed E-state index contributed by atoms with van der Waals surface area (Å²) in [4.78, 5) is 14.9. The fourth-order valence-electron chi connectivity index (χ4n) is 1.76. The first-order valence-corrected chi connectivity index (χ1v) is 7.57. The van der Waals surface area contributed by atoms with E-state index in [1.165, 1.54) is 0 Å². The number of benzene rings is 1. The van der Waals surface area contributed by atoms with Crippen LogP contribution >= 0.6 is 47.8 Å². The molecule has 2 aromatic rings. The molecule has 0 spiro atoms. The first kappa shape index (κ1) is 14.9. The molecule has 0 aliphatic carbocycles. The summed E-state index contributed by atoms with van der Waals surface area (Å²) in [6.07, 6.45) is -0.588. The third-order valence-corrected chi connectivity index (χ3v) is 5.06. The van der Waals surface area contributed by atoms with Gasteiger partial charge in [0.25, 0.3) is 0 Å². The highest BCUT2D eigenvalue weighted by Gasteiger charge is 2.25. The predicted molar refractivity (Wildman–Crippen MR) is 81.2 cm³/mol. The zero-order valence-electron chi connectivity index (χ0n) is 9.60. The van der Waals surface area contributed by atoms with E-state index in [-0.39, 0.29) is 11.2 Å². The number of rotatable bonds is 3. The normalized spacial score (nSPS) is 12.9. The SMILES string of the molecule is C[C@H](O)Cn1c(Br)nc2c([N+](=O)[O-])c(Br)c(Br)cc21. The smallest absolute Gasteiger partial charge is 0.312 e. The molecule has 2 rings (SSSR count). The van der Waals surface area contributed by atoms with Gasteiger partial charge in [0.2, 0.25) is 0 Å². The number of hydrogen-bond acceptors (Lipinski definition) is 4. The Bertz CT molecular complexity index is 669. The quantitative estimate of drug-likeness (QED) is 0.564. The van der Waals surface area contributed by atoms with Crippen molar-refractivity contribution in [1.29, 1.82) is 0 Å². The number of aliphatic hydroxyl groups excluding tert-OH is 1. The summed E-state index contributed by atoms with van der Waals surface area (Å²) in [5.41, 5.74) is 0.747. The Hall–Kier alpha value is -0.510. The minimum absolute atomic E-state index is 0.102. The molecule has 102 valence electrons. The van der Waals surface area contributed by atoms with Crippen molar-refractivity contribution in [2.45, 2.75) is 19.6 Å². The lowest BCUT2D eigenvalue weighted by Gasteiger charge is -2.08. The minimum atomic E-state index is -0.588. The van der Waals surface area contributed by atoms with Crippen LogP contribution in [-0.2, 0) is 6.54 Å². The lowest BCUT2D eigenvalue weighted by molar-refractivity contribution is -0.384. The van der Waals surface area contributed by atoms with E-state index < -0.39 is 11.0 Å². The molecule has 0 saturated heterocycles. The van der Waals surface area contributed by atoms with E-state index in [4.69, 9.17) is 0 Å². The Balaban J connectivity index is 2.82. The van der Waals surface area contributed by atoms with E-state index in [2.05, 4.69) is 52.8 Å². The Kier molecular flexibility index (Phi) is 4.29. The van der Waals surface area contributed by atoms with Crippen LogP contribution in [0.2, 0.25) is 0 Å². The van der Waals surface area contributed by atoms with Crippen LogP contribution in [0, 0.1) is 10.1 Å². The van der Waals surface area contributed by atoms with Gasteiger partial charge in [0.15, 0.2) is 10.3 Å². The molecule has 1 atom stereocenters. The van der Waals surface area contributed by atoms with Gasteiger partial charge in [-0.3, -0.25) is 10.1 Å². The maximum absolute atomic E-state index is 11.2. The average Bonchev–Trinajstić information content (AvgIpc) is 2.56. The van der Waals surface area contributed by atoms with Crippen molar-refractivity contribution >= 4 is 64.5 Å². The second-order valence-electron chi connectivity index (χ2n) is 3.99. The number of nitro groups is 1. The van der Waals surface area contributed by atoms with Crippen molar-refractivity contribution in [1.82, 2.24) is 9.55 Å². The number of fused-ring (bicyclic) bond motifs is 1. The monoisotopic (exact) mass is 455 g/mol. The molecule has 1 heterocycles. The van der Waals surface area contributed by atoms with Gasteiger partial charge in [-0.05, 0) is 60.8 Å². The van der Waals surface area contributed by atoms with Gasteiger partial charge in [0, 0.05) is 4.47 Å². The zero-order chi connectivity index (χ0) is 14.3. The van der Waals surface area contributed by atoms with Crippen LogP contribution in [0.15, 0.2) is 19.7 Å². The summed E-state index contributed by atoms with van der Waals surface area (Å²) in [5, 5.41) is 20.7. The Morgan fingerprint density at radius 3 is 2.68 bits per heavy atom. The molecule has 0 aliphatic heterocycles. The zero-order valence-corrected chi connectivity index (χ0v) is 14.4. The van der Waals surface area contributed by atoms with Gasteiger partial charge in [0.05, 0.1) is 23.1 Å². The van der Waals surface area contributed by atoms with Crippen molar-refractivity contribution in [3.05, 3.63) is 29.9 Å². The van der Waals surface area contributed by atoms with E-state index >= 15 is 0 Å². The third kappa shape index (κ3) is 2.69. The van der Waals surface area contributed by atoms with Crippen molar-refractivity contribution in [2.75, 3.05) is 0 Å². The highest BCUT2D eigenvalue weighted by molar-refractivity contribution is 9.13. The summed E-state index contributed by atoms with van der Waals surface area (Å²) in [5.74, 6) is 0. The van der Waals surface area contributed by atoms with Crippen molar-refractivity contribution in [3.8, 4) is 0 Å². The fourth-order valence-corrected chi connectivity index (χ4v) is 3.13. The van der Waals surface area contributed by atoms with Gasteiger partial charge in [-0.1, -0.05) is 0 Å². The van der Waals surface area contributed by atoms with Gasteiger partial charge >= 0.3 is 5.69 Å². The second-order valence-corrected chi connectivity index (χ2v) is 6.34. The largest absolute Gasteiger partial charge is 0.392 e. The highest BCUT2D eigenvalue weighted by Crippen LogP contribution is 2.39. The molecule has 1 aromatic heterocycles. The molecular weight excluding hydrogens is 450 g/mol. The van der Waals surface area contributed by atoms with Gasteiger partial charge in [-0.2, -0.15) is 0 Å². The molecule has 6 nitrogen and oxygen atoms in total. The van der Waals surface area contributed by atoms with E-state index in [9.17, 15) is 15.2 Å². The minimum Gasteiger partial charge on any atom is -0.392 e. The second kappa shape index (κ2) is 5.47. The topological polar surface area (TPSA) is 81.2 Å².